The van der Waals surface area contributed by atoms with E-state index < -0.39 is 11.6 Å². The van der Waals surface area contributed by atoms with Crippen LogP contribution in [-0.4, -0.2) is 5.84 Å². The maximum atomic E-state index is 13.7. The van der Waals surface area contributed by atoms with Crippen LogP contribution in [0, 0.1) is 17.0 Å². The van der Waals surface area contributed by atoms with Gasteiger partial charge in [0.2, 0.25) is 5.82 Å². The lowest BCUT2D eigenvalue weighted by Crippen LogP contribution is -2.12. The summed E-state index contributed by atoms with van der Waals surface area (Å²) >= 11 is 6.30. The molecule has 0 aliphatic heterocycles. The molecule has 0 amide bonds. The normalized spacial score (nSPS) is 10.4. The molecule has 0 radical (unpaired) electrons. The summed E-state index contributed by atoms with van der Waals surface area (Å²) in [5.74, 6) is -2.51. The number of nitrogens with two attached hydrogens (primary N) is 1. The van der Waals surface area contributed by atoms with Gasteiger partial charge in [0.15, 0.2) is 11.6 Å². The number of halogens is 4. The van der Waals surface area contributed by atoms with Gasteiger partial charge in [-0.1, -0.05) is 31.9 Å². The Bertz CT molecular complexity index is 692. The maximum absolute atomic E-state index is 13.7. The Labute approximate surface area is 130 Å². The highest BCUT2D eigenvalue weighted by molar-refractivity contribution is 9.10. The van der Waals surface area contributed by atoms with Crippen molar-refractivity contribution in [1.29, 1.82) is 5.41 Å². The van der Waals surface area contributed by atoms with Crippen LogP contribution in [0.3, 0.4) is 0 Å². The fourth-order valence-corrected chi connectivity index (χ4v) is 2.28. The van der Waals surface area contributed by atoms with Crippen LogP contribution in [0.5, 0.6) is 11.5 Å². The largest absolute Gasteiger partial charge is 0.453 e. The number of hydrogen-bond acceptors (Lipinski definition) is 2. The molecule has 0 fully saturated rings. The third kappa shape index (κ3) is 3.16. The first-order valence-corrected chi connectivity index (χ1v) is 6.93. The monoisotopic (exact) mass is 404 g/mol. The molecule has 0 atom stereocenters. The van der Waals surface area contributed by atoms with Gasteiger partial charge in [-0.25, -0.2) is 4.39 Å². The van der Waals surface area contributed by atoms with E-state index in [-0.39, 0.29) is 22.9 Å². The van der Waals surface area contributed by atoms with Crippen LogP contribution >= 0.6 is 31.9 Å². The molecule has 3 N–H and O–H groups in total. The molecule has 0 unspecified atom stereocenters. The van der Waals surface area contributed by atoms with E-state index in [4.69, 9.17) is 15.9 Å². The number of nitrogens with one attached hydrogen (secondary N) is 1. The zero-order valence-electron chi connectivity index (χ0n) is 9.88. The summed E-state index contributed by atoms with van der Waals surface area (Å²) in [6.45, 7) is 0. The van der Waals surface area contributed by atoms with Crippen LogP contribution in [-0.2, 0) is 0 Å². The van der Waals surface area contributed by atoms with Gasteiger partial charge in [-0.2, -0.15) is 4.39 Å². The SMILES string of the molecule is N=C(N)c1ccc(Br)cc1Oc1cc(Br)cc(F)c1F. The van der Waals surface area contributed by atoms with Crippen LogP contribution in [0.25, 0.3) is 0 Å². The third-order valence-electron chi connectivity index (χ3n) is 2.41. The van der Waals surface area contributed by atoms with Gasteiger partial charge in [0, 0.05) is 8.95 Å². The van der Waals surface area contributed by atoms with Crippen molar-refractivity contribution in [3.63, 3.8) is 0 Å². The molecule has 2 rings (SSSR count). The molecule has 20 heavy (non-hydrogen) atoms. The lowest BCUT2D eigenvalue weighted by Gasteiger charge is -2.12. The van der Waals surface area contributed by atoms with E-state index in [1.54, 1.807) is 12.1 Å². The van der Waals surface area contributed by atoms with Gasteiger partial charge in [0.1, 0.15) is 11.6 Å². The first-order valence-electron chi connectivity index (χ1n) is 5.35. The average molecular weight is 406 g/mol. The van der Waals surface area contributed by atoms with Crippen LogP contribution in [0.1, 0.15) is 5.56 Å². The van der Waals surface area contributed by atoms with Crippen molar-refractivity contribution < 1.29 is 13.5 Å². The van der Waals surface area contributed by atoms with Crippen molar-refractivity contribution in [2.45, 2.75) is 0 Å². The molecule has 2 aromatic carbocycles. The highest BCUT2D eigenvalue weighted by atomic mass is 79.9. The van der Waals surface area contributed by atoms with E-state index in [0.717, 1.165) is 6.07 Å². The molecule has 0 aromatic heterocycles. The Morgan fingerprint density at radius 1 is 1.05 bits per heavy atom. The summed E-state index contributed by atoms with van der Waals surface area (Å²) in [6, 6.07) is 7.03. The van der Waals surface area contributed by atoms with E-state index in [1.807, 2.05) is 0 Å². The van der Waals surface area contributed by atoms with Crippen LogP contribution in [0.2, 0.25) is 0 Å². The number of ether oxygens (including phenoxy) is 1. The van der Waals surface area contributed by atoms with Gasteiger partial charge in [-0.05, 0) is 30.3 Å². The predicted molar refractivity (Wildman–Crippen MR) is 79.3 cm³/mol. The average Bonchev–Trinajstić information content (AvgIpc) is 2.35. The highest BCUT2D eigenvalue weighted by Gasteiger charge is 2.15. The van der Waals surface area contributed by atoms with E-state index in [0.29, 0.717) is 8.95 Å². The number of nitrogen functional groups attached to an aromatic ring is 1. The summed E-state index contributed by atoms with van der Waals surface area (Å²) < 4.78 is 33.4. The number of benzene rings is 2. The molecule has 0 bridgehead atoms. The van der Waals surface area contributed by atoms with E-state index >= 15 is 0 Å². The van der Waals surface area contributed by atoms with Crippen molar-refractivity contribution in [2.24, 2.45) is 5.73 Å². The van der Waals surface area contributed by atoms with Gasteiger partial charge >= 0.3 is 0 Å². The lowest BCUT2D eigenvalue weighted by atomic mass is 10.2. The quantitative estimate of drug-likeness (QED) is 0.446. The highest BCUT2D eigenvalue weighted by Crippen LogP contribution is 2.32. The topological polar surface area (TPSA) is 59.1 Å². The molecular formula is C13H8Br2F2N2O. The lowest BCUT2D eigenvalue weighted by molar-refractivity contribution is 0.414. The zero-order chi connectivity index (χ0) is 14.9. The Balaban J connectivity index is 2.50. The van der Waals surface area contributed by atoms with Gasteiger partial charge < -0.3 is 10.5 Å². The van der Waals surface area contributed by atoms with Crippen molar-refractivity contribution in [3.8, 4) is 11.5 Å². The van der Waals surface area contributed by atoms with Gasteiger partial charge in [-0.3, -0.25) is 5.41 Å². The number of hydrogen-bond donors (Lipinski definition) is 2. The second kappa shape index (κ2) is 5.88. The van der Waals surface area contributed by atoms with E-state index in [9.17, 15) is 8.78 Å². The maximum Gasteiger partial charge on any atom is 0.201 e. The molecule has 104 valence electrons. The zero-order valence-corrected chi connectivity index (χ0v) is 13.1. The Kier molecular flexibility index (Phi) is 4.39. The predicted octanol–water partition coefficient (Wildman–Crippen LogP) is 4.57. The molecular weight excluding hydrogens is 398 g/mol. The molecule has 7 heteroatoms. The Morgan fingerprint density at radius 3 is 2.35 bits per heavy atom. The minimum absolute atomic E-state index is 0.156. The Hall–Kier alpha value is -1.47. The van der Waals surface area contributed by atoms with E-state index in [2.05, 4.69) is 31.9 Å². The standard InChI is InChI=1S/C13H8Br2F2N2O/c14-6-1-2-8(13(18)19)10(4-6)20-11-5-7(15)3-9(16)12(11)17/h1-5H,(H3,18,19). The molecule has 2 aromatic rings. The molecule has 0 heterocycles. The van der Waals surface area contributed by atoms with Crippen molar-refractivity contribution in [2.75, 3.05) is 0 Å². The number of rotatable bonds is 3. The number of amidine groups is 1. The fraction of sp³-hybridized carbons (Fsp3) is 0. The summed E-state index contributed by atoms with van der Waals surface area (Å²) in [5.41, 5.74) is 5.71. The van der Waals surface area contributed by atoms with Crippen molar-refractivity contribution in [3.05, 3.63) is 56.5 Å². The van der Waals surface area contributed by atoms with Crippen molar-refractivity contribution >= 4 is 37.7 Å². The van der Waals surface area contributed by atoms with Crippen LogP contribution < -0.4 is 10.5 Å². The molecule has 0 spiro atoms. The molecule has 3 nitrogen and oxygen atoms in total. The third-order valence-corrected chi connectivity index (χ3v) is 3.36. The van der Waals surface area contributed by atoms with Crippen LogP contribution in [0.15, 0.2) is 39.3 Å². The second-order valence-electron chi connectivity index (χ2n) is 3.86. The van der Waals surface area contributed by atoms with Gasteiger partial charge in [-0.15, -0.1) is 0 Å². The molecule has 0 aliphatic carbocycles. The minimum atomic E-state index is -1.11. The molecule has 0 aliphatic rings. The Morgan fingerprint density at radius 2 is 1.70 bits per heavy atom. The minimum Gasteiger partial charge on any atom is -0.453 e. The first kappa shape index (κ1) is 14.9. The van der Waals surface area contributed by atoms with E-state index in [1.165, 1.54) is 12.1 Å². The molecule has 0 saturated carbocycles. The second-order valence-corrected chi connectivity index (χ2v) is 5.69. The van der Waals surface area contributed by atoms with Gasteiger partial charge in [0.05, 0.1) is 5.56 Å². The van der Waals surface area contributed by atoms with Crippen LogP contribution in [0.4, 0.5) is 8.78 Å². The smallest absolute Gasteiger partial charge is 0.201 e. The van der Waals surface area contributed by atoms with Gasteiger partial charge in [0.25, 0.3) is 0 Å². The first-order chi connectivity index (χ1) is 9.38. The summed E-state index contributed by atoms with van der Waals surface area (Å²) in [6.07, 6.45) is 0. The summed E-state index contributed by atoms with van der Waals surface area (Å²) in [7, 11) is 0. The molecule has 0 saturated heterocycles. The van der Waals surface area contributed by atoms with Crippen molar-refractivity contribution in [1.82, 2.24) is 0 Å². The fourth-order valence-electron chi connectivity index (χ4n) is 1.53. The summed E-state index contributed by atoms with van der Waals surface area (Å²) in [4.78, 5) is 0. The summed E-state index contributed by atoms with van der Waals surface area (Å²) in [5, 5.41) is 7.46.